The summed E-state index contributed by atoms with van der Waals surface area (Å²) in [6.07, 6.45) is 0. The van der Waals surface area contributed by atoms with Crippen LogP contribution in [0.15, 0.2) is 109 Å². The van der Waals surface area contributed by atoms with Crippen molar-refractivity contribution in [3.63, 3.8) is 0 Å². The Morgan fingerprint density at radius 1 is 0.543 bits per heavy atom. The normalized spacial score (nSPS) is 16.9. The van der Waals surface area contributed by atoms with Crippen LogP contribution in [0.2, 0.25) is 0 Å². The first-order valence-corrected chi connectivity index (χ1v) is 13.7. The molecule has 4 aromatic rings. The minimum absolute atomic E-state index is 0.363. The highest BCUT2D eigenvalue weighted by atomic mass is 31.2. The first kappa shape index (κ1) is 23.8. The average Bonchev–Trinajstić information content (AvgIpc) is 3.11. The van der Waals surface area contributed by atoms with Gasteiger partial charge in [-0.3, -0.25) is 0 Å². The SMILES string of the molecule is CC1(C)OB(c2ccc(-c3ccc(P(=O)(c4ccccc4)c4ccccc4)cc3)cc2)OC1(C)C. The van der Waals surface area contributed by atoms with Crippen LogP contribution in [0.25, 0.3) is 11.1 Å². The van der Waals surface area contributed by atoms with Gasteiger partial charge in [-0.2, -0.15) is 0 Å². The highest BCUT2D eigenvalue weighted by Gasteiger charge is 2.51. The Morgan fingerprint density at radius 3 is 1.34 bits per heavy atom. The molecule has 3 nitrogen and oxygen atoms in total. The van der Waals surface area contributed by atoms with Crippen molar-refractivity contribution < 1.29 is 13.9 Å². The molecule has 0 amide bonds. The molecule has 1 heterocycles. The van der Waals surface area contributed by atoms with Crippen molar-refractivity contribution in [1.82, 2.24) is 0 Å². The fourth-order valence-electron chi connectivity index (χ4n) is 4.40. The Labute approximate surface area is 208 Å². The molecule has 0 atom stereocenters. The summed E-state index contributed by atoms with van der Waals surface area (Å²) in [7, 11) is -3.34. The zero-order valence-corrected chi connectivity index (χ0v) is 21.5. The first-order valence-electron chi connectivity index (χ1n) is 12.0. The molecule has 0 N–H and O–H groups in total. The van der Waals surface area contributed by atoms with Crippen molar-refractivity contribution in [1.29, 1.82) is 0 Å². The van der Waals surface area contributed by atoms with E-state index in [0.717, 1.165) is 32.5 Å². The fourth-order valence-corrected chi connectivity index (χ4v) is 7.05. The lowest BCUT2D eigenvalue weighted by molar-refractivity contribution is 0.00578. The van der Waals surface area contributed by atoms with Gasteiger partial charge in [0.15, 0.2) is 7.14 Å². The topological polar surface area (TPSA) is 35.5 Å². The van der Waals surface area contributed by atoms with Crippen LogP contribution in [0, 0.1) is 0 Å². The molecule has 0 radical (unpaired) electrons. The van der Waals surface area contributed by atoms with Gasteiger partial charge in [0.05, 0.1) is 11.2 Å². The Morgan fingerprint density at radius 2 is 0.914 bits per heavy atom. The molecule has 0 saturated carbocycles. The maximum absolute atomic E-state index is 14.5. The number of benzene rings is 4. The summed E-state index contributed by atoms with van der Waals surface area (Å²) in [5, 5.41) is 2.50. The standard InChI is InChI=1S/C30H30BO3P/c1-29(2)30(3,4)34-31(33-29)25-19-15-23(16-20-25)24-17-21-28(22-18-24)35(32,26-11-7-5-8-12-26)27-13-9-6-10-14-27/h5-22H,1-4H3. The summed E-state index contributed by atoms with van der Waals surface area (Å²) in [5.41, 5.74) is 2.43. The van der Waals surface area contributed by atoms with Gasteiger partial charge < -0.3 is 13.9 Å². The van der Waals surface area contributed by atoms with E-state index in [1.54, 1.807) is 0 Å². The minimum atomic E-state index is -2.97. The van der Waals surface area contributed by atoms with Crippen LogP contribution in [-0.2, 0) is 13.9 Å². The van der Waals surface area contributed by atoms with Crippen LogP contribution >= 0.6 is 7.14 Å². The van der Waals surface area contributed by atoms with Crippen molar-refractivity contribution in [3.05, 3.63) is 109 Å². The van der Waals surface area contributed by atoms with Crippen molar-refractivity contribution >= 4 is 35.6 Å². The molecular formula is C30H30BO3P. The third-order valence-electron chi connectivity index (χ3n) is 7.24. The molecule has 1 fully saturated rings. The van der Waals surface area contributed by atoms with Gasteiger partial charge in [0, 0.05) is 15.9 Å². The minimum Gasteiger partial charge on any atom is -0.399 e. The number of rotatable bonds is 5. The van der Waals surface area contributed by atoms with Crippen LogP contribution in [0.1, 0.15) is 27.7 Å². The molecule has 1 saturated heterocycles. The summed E-state index contributed by atoms with van der Waals surface area (Å²) < 4.78 is 26.9. The smallest absolute Gasteiger partial charge is 0.399 e. The van der Waals surface area contributed by atoms with E-state index in [-0.39, 0.29) is 18.3 Å². The maximum Gasteiger partial charge on any atom is 0.494 e. The van der Waals surface area contributed by atoms with E-state index in [0.29, 0.717) is 0 Å². The van der Waals surface area contributed by atoms with Crippen molar-refractivity contribution in [2.24, 2.45) is 0 Å². The number of hydrogen-bond acceptors (Lipinski definition) is 3. The molecule has 0 aromatic heterocycles. The highest BCUT2D eigenvalue weighted by molar-refractivity contribution is 7.85. The summed E-state index contributed by atoms with van der Waals surface area (Å²) >= 11 is 0. The van der Waals surface area contributed by atoms with E-state index in [9.17, 15) is 4.57 Å². The Balaban J connectivity index is 1.44. The van der Waals surface area contributed by atoms with Gasteiger partial charge in [-0.05, 0) is 44.3 Å². The molecule has 176 valence electrons. The van der Waals surface area contributed by atoms with Crippen LogP contribution < -0.4 is 21.4 Å². The van der Waals surface area contributed by atoms with E-state index in [2.05, 4.69) is 64.1 Å². The lowest BCUT2D eigenvalue weighted by Crippen LogP contribution is -2.41. The van der Waals surface area contributed by atoms with Crippen LogP contribution in [0.3, 0.4) is 0 Å². The van der Waals surface area contributed by atoms with Gasteiger partial charge in [-0.25, -0.2) is 0 Å². The molecule has 5 rings (SSSR count). The summed E-state index contributed by atoms with van der Waals surface area (Å²) in [6.45, 7) is 8.25. The van der Waals surface area contributed by atoms with Crippen molar-refractivity contribution in [2.45, 2.75) is 38.9 Å². The van der Waals surface area contributed by atoms with E-state index >= 15 is 0 Å². The Hall–Kier alpha value is -2.91. The van der Waals surface area contributed by atoms with Crippen molar-refractivity contribution in [3.8, 4) is 11.1 Å². The van der Waals surface area contributed by atoms with E-state index in [1.165, 1.54) is 0 Å². The molecule has 1 aliphatic rings. The zero-order valence-electron chi connectivity index (χ0n) is 20.6. The zero-order chi connectivity index (χ0) is 24.7. The molecule has 0 unspecified atom stereocenters. The highest BCUT2D eigenvalue weighted by Crippen LogP contribution is 2.42. The largest absolute Gasteiger partial charge is 0.494 e. The monoisotopic (exact) mass is 480 g/mol. The first-order chi connectivity index (χ1) is 16.7. The second kappa shape index (κ2) is 8.95. The lowest BCUT2D eigenvalue weighted by atomic mass is 9.78. The third-order valence-corrected chi connectivity index (χ3v) is 10.3. The summed E-state index contributed by atoms with van der Waals surface area (Å²) in [5.74, 6) is 0. The summed E-state index contributed by atoms with van der Waals surface area (Å²) in [4.78, 5) is 0. The van der Waals surface area contributed by atoms with Crippen molar-refractivity contribution in [2.75, 3.05) is 0 Å². The van der Waals surface area contributed by atoms with Crippen LogP contribution in [-0.4, -0.2) is 18.3 Å². The van der Waals surface area contributed by atoms with Gasteiger partial charge in [0.25, 0.3) is 0 Å². The Bertz CT molecular complexity index is 1290. The predicted molar refractivity (Wildman–Crippen MR) is 147 cm³/mol. The second-order valence-corrected chi connectivity index (χ2v) is 12.8. The Kier molecular flexibility index (Phi) is 6.09. The van der Waals surface area contributed by atoms with E-state index in [1.807, 2.05) is 72.8 Å². The molecule has 35 heavy (non-hydrogen) atoms. The van der Waals surface area contributed by atoms with Gasteiger partial charge in [-0.1, -0.05) is 109 Å². The molecule has 0 bridgehead atoms. The second-order valence-electron chi connectivity index (χ2n) is 10.0. The molecular weight excluding hydrogens is 450 g/mol. The molecule has 0 spiro atoms. The summed E-state index contributed by atoms with van der Waals surface area (Å²) in [6, 6.07) is 35.9. The average molecular weight is 480 g/mol. The van der Waals surface area contributed by atoms with Gasteiger partial charge in [-0.15, -0.1) is 0 Å². The number of hydrogen-bond donors (Lipinski definition) is 0. The van der Waals surface area contributed by atoms with E-state index < -0.39 is 7.14 Å². The fraction of sp³-hybridized carbons (Fsp3) is 0.200. The molecule has 1 aliphatic heterocycles. The van der Waals surface area contributed by atoms with Crippen LogP contribution in [0.5, 0.6) is 0 Å². The van der Waals surface area contributed by atoms with E-state index in [4.69, 9.17) is 9.31 Å². The van der Waals surface area contributed by atoms with Crippen LogP contribution in [0.4, 0.5) is 0 Å². The maximum atomic E-state index is 14.5. The predicted octanol–water partition coefficient (Wildman–Crippen LogP) is 5.29. The van der Waals surface area contributed by atoms with Gasteiger partial charge >= 0.3 is 7.12 Å². The molecule has 4 aromatic carbocycles. The lowest BCUT2D eigenvalue weighted by Gasteiger charge is -2.32. The van der Waals surface area contributed by atoms with Gasteiger partial charge in [0.2, 0.25) is 0 Å². The molecule has 5 heteroatoms. The quantitative estimate of drug-likeness (QED) is 0.288. The molecule has 0 aliphatic carbocycles. The third kappa shape index (κ3) is 4.32. The van der Waals surface area contributed by atoms with Gasteiger partial charge in [0.1, 0.15) is 0 Å².